The first-order valence-electron chi connectivity index (χ1n) is 7.73. The minimum absolute atomic E-state index is 0.0125. The standard InChI is InChI=1S/C18H16O7P2/c1-10(2)16(19)15-9-13-7-11-5-3-4-6-12(11)8-14(13)17(26(20,21)22)18(15)27(23,24)25/h3-9H,1H2,2H3,(H2,20,21,22)(H2,23,24,25). The SMILES string of the molecule is C=C(C)C(=O)c1cc2cc3ccccc3cc2c(P(=O)(O)O)c1P(=O)(O)O. The largest absolute Gasteiger partial charge is 0.357 e. The van der Waals surface area contributed by atoms with Crippen molar-refractivity contribution in [1.82, 2.24) is 0 Å². The number of ketones is 1. The summed E-state index contributed by atoms with van der Waals surface area (Å²) in [6.07, 6.45) is 0. The topological polar surface area (TPSA) is 132 Å². The number of hydrogen-bond donors (Lipinski definition) is 4. The Morgan fingerprint density at radius 3 is 1.85 bits per heavy atom. The van der Waals surface area contributed by atoms with Gasteiger partial charge >= 0.3 is 15.2 Å². The van der Waals surface area contributed by atoms with Crippen molar-refractivity contribution in [3.05, 3.63) is 60.2 Å². The van der Waals surface area contributed by atoms with Crippen LogP contribution in [0.5, 0.6) is 0 Å². The Hall–Kier alpha value is -2.11. The van der Waals surface area contributed by atoms with Gasteiger partial charge in [0.1, 0.15) is 0 Å². The van der Waals surface area contributed by atoms with Gasteiger partial charge in [-0.15, -0.1) is 0 Å². The summed E-state index contributed by atoms with van der Waals surface area (Å²) in [5, 5.41) is -0.127. The lowest BCUT2D eigenvalue weighted by Gasteiger charge is -2.19. The van der Waals surface area contributed by atoms with Crippen molar-refractivity contribution in [3.63, 3.8) is 0 Å². The smallest absolute Gasteiger partial charge is 0.321 e. The zero-order chi connectivity index (χ0) is 20.1. The van der Waals surface area contributed by atoms with Gasteiger partial charge in [-0.25, -0.2) is 0 Å². The molecule has 27 heavy (non-hydrogen) atoms. The third-order valence-corrected chi connectivity index (χ3v) is 6.44. The molecule has 4 N–H and O–H groups in total. The van der Waals surface area contributed by atoms with Crippen LogP contribution in [-0.2, 0) is 9.13 Å². The molecule has 0 atom stereocenters. The molecule has 3 rings (SSSR count). The van der Waals surface area contributed by atoms with Crippen molar-refractivity contribution < 1.29 is 33.5 Å². The molecule has 0 aliphatic heterocycles. The van der Waals surface area contributed by atoms with Crippen molar-refractivity contribution in [2.45, 2.75) is 6.92 Å². The molecular formula is C18H16O7P2. The van der Waals surface area contributed by atoms with Crippen LogP contribution in [0.25, 0.3) is 21.5 Å². The van der Waals surface area contributed by atoms with Gasteiger partial charge in [0.25, 0.3) is 0 Å². The molecule has 0 unspecified atom stereocenters. The lowest BCUT2D eigenvalue weighted by atomic mass is 9.98. The molecule has 3 aromatic carbocycles. The Kier molecular flexibility index (Phi) is 4.73. The van der Waals surface area contributed by atoms with E-state index in [0.717, 1.165) is 5.39 Å². The Morgan fingerprint density at radius 1 is 0.852 bits per heavy atom. The van der Waals surface area contributed by atoms with E-state index in [-0.39, 0.29) is 16.3 Å². The quantitative estimate of drug-likeness (QED) is 0.226. The third kappa shape index (κ3) is 3.54. The van der Waals surface area contributed by atoms with Crippen LogP contribution in [0.2, 0.25) is 0 Å². The van der Waals surface area contributed by atoms with Crippen molar-refractivity contribution in [2.24, 2.45) is 0 Å². The lowest BCUT2D eigenvalue weighted by molar-refractivity contribution is 0.103. The highest BCUT2D eigenvalue weighted by molar-refractivity contribution is 7.67. The maximum absolute atomic E-state index is 12.5. The summed E-state index contributed by atoms with van der Waals surface area (Å²) in [5.74, 6) is -0.793. The molecule has 0 spiro atoms. The van der Waals surface area contributed by atoms with Crippen LogP contribution in [0.1, 0.15) is 17.3 Å². The Morgan fingerprint density at radius 2 is 1.37 bits per heavy atom. The monoisotopic (exact) mass is 406 g/mol. The first-order chi connectivity index (χ1) is 12.4. The Balaban J connectivity index is 2.64. The number of fused-ring (bicyclic) bond motifs is 2. The predicted molar refractivity (Wildman–Crippen MR) is 104 cm³/mol. The normalized spacial score (nSPS) is 12.5. The van der Waals surface area contributed by atoms with Gasteiger partial charge in [0.2, 0.25) is 0 Å². The molecule has 0 heterocycles. The van der Waals surface area contributed by atoms with Crippen molar-refractivity contribution in [2.75, 3.05) is 0 Å². The molecule has 0 aromatic heterocycles. The number of allylic oxidation sites excluding steroid dienone is 1. The average molecular weight is 406 g/mol. The van der Waals surface area contributed by atoms with Gasteiger partial charge in [0.15, 0.2) is 5.78 Å². The molecule has 7 nitrogen and oxygen atoms in total. The zero-order valence-corrected chi connectivity index (χ0v) is 15.9. The number of carbonyl (C=O) groups is 1. The number of carbonyl (C=O) groups excluding carboxylic acids is 1. The summed E-state index contributed by atoms with van der Waals surface area (Å²) in [5.41, 5.74) is -0.474. The maximum Gasteiger partial charge on any atom is 0.357 e. The van der Waals surface area contributed by atoms with Crippen LogP contribution < -0.4 is 10.6 Å². The molecule has 0 aliphatic carbocycles. The lowest BCUT2D eigenvalue weighted by Crippen LogP contribution is -2.31. The summed E-state index contributed by atoms with van der Waals surface area (Å²) < 4.78 is 24.3. The third-order valence-electron chi connectivity index (χ3n) is 4.17. The highest BCUT2D eigenvalue weighted by Crippen LogP contribution is 2.44. The molecule has 9 heteroatoms. The van der Waals surface area contributed by atoms with Crippen LogP contribution in [0, 0.1) is 0 Å². The van der Waals surface area contributed by atoms with E-state index in [1.807, 2.05) is 0 Å². The van der Waals surface area contributed by atoms with Gasteiger partial charge in [-0.2, -0.15) is 0 Å². The second-order valence-corrected chi connectivity index (χ2v) is 9.31. The van der Waals surface area contributed by atoms with Gasteiger partial charge in [-0.05, 0) is 52.2 Å². The highest BCUT2D eigenvalue weighted by Gasteiger charge is 2.37. The summed E-state index contributed by atoms with van der Waals surface area (Å²) in [6.45, 7) is 4.83. The molecular weight excluding hydrogens is 390 g/mol. The highest BCUT2D eigenvalue weighted by atomic mass is 31.2. The Labute approximate surface area is 154 Å². The fraction of sp³-hybridized carbons (Fsp3) is 0.0556. The van der Waals surface area contributed by atoms with Crippen LogP contribution in [0.4, 0.5) is 0 Å². The number of hydrogen-bond acceptors (Lipinski definition) is 3. The van der Waals surface area contributed by atoms with Gasteiger partial charge < -0.3 is 19.6 Å². The van der Waals surface area contributed by atoms with E-state index in [0.29, 0.717) is 5.39 Å². The number of Topliss-reactive ketones (excluding diaryl/α,β-unsaturated/α-hetero) is 1. The minimum atomic E-state index is -5.20. The van der Waals surface area contributed by atoms with Gasteiger partial charge in [-0.3, -0.25) is 13.9 Å². The molecule has 140 valence electrons. The fourth-order valence-electron chi connectivity index (χ4n) is 3.05. The van der Waals surface area contributed by atoms with E-state index in [2.05, 4.69) is 6.58 Å². The zero-order valence-electron chi connectivity index (χ0n) is 14.2. The van der Waals surface area contributed by atoms with Crippen molar-refractivity contribution >= 4 is 53.1 Å². The van der Waals surface area contributed by atoms with Crippen LogP contribution in [0.3, 0.4) is 0 Å². The van der Waals surface area contributed by atoms with Gasteiger partial charge in [0.05, 0.1) is 10.6 Å². The molecule has 0 bridgehead atoms. The van der Waals surface area contributed by atoms with E-state index in [9.17, 15) is 33.5 Å². The molecule has 0 fully saturated rings. The van der Waals surface area contributed by atoms with Crippen LogP contribution in [0.15, 0.2) is 54.6 Å². The average Bonchev–Trinajstić information content (AvgIpc) is 2.55. The maximum atomic E-state index is 12.5. The predicted octanol–water partition coefficient (Wildman–Crippen LogP) is 2.36. The molecule has 0 saturated heterocycles. The van der Waals surface area contributed by atoms with Gasteiger partial charge in [0, 0.05) is 5.56 Å². The second kappa shape index (κ2) is 6.50. The summed E-state index contributed by atoms with van der Waals surface area (Å²) in [6, 6.07) is 11.3. The summed E-state index contributed by atoms with van der Waals surface area (Å²) in [7, 11) is -10.3. The fourth-order valence-corrected chi connectivity index (χ4v) is 5.62. The van der Waals surface area contributed by atoms with Crippen LogP contribution in [-0.4, -0.2) is 25.4 Å². The molecule has 0 aliphatic rings. The molecule has 3 aromatic rings. The molecule has 0 radical (unpaired) electrons. The summed E-state index contributed by atoms with van der Waals surface area (Å²) >= 11 is 0. The second-order valence-electron chi connectivity index (χ2n) is 6.24. The summed E-state index contributed by atoms with van der Waals surface area (Å²) in [4.78, 5) is 51.9. The molecule has 0 saturated carbocycles. The van der Waals surface area contributed by atoms with E-state index in [4.69, 9.17) is 0 Å². The van der Waals surface area contributed by atoms with Crippen LogP contribution >= 0.6 is 15.2 Å². The van der Waals surface area contributed by atoms with Crippen molar-refractivity contribution in [1.29, 1.82) is 0 Å². The minimum Gasteiger partial charge on any atom is -0.321 e. The first kappa shape index (κ1) is 19.6. The first-order valence-corrected chi connectivity index (χ1v) is 11.0. The van der Waals surface area contributed by atoms with E-state index in [1.54, 1.807) is 30.3 Å². The van der Waals surface area contributed by atoms with E-state index >= 15 is 0 Å². The van der Waals surface area contributed by atoms with Gasteiger partial charge in [-0.1, -0.05) is 30.8 Å². The Bertz CT molecular complexity index is 1220. The number of rotatable bonds is 4. The number of benzene rings is 3. The van der Waals surface area contributed by atoms with E-state index < -0.39 is 37.1 Å². The van der Waals surface area contributed by atoms with E-state index in [1.165, 1.54) is 19.1 Å². The van der Waals surface area contributed by atoms with Crippen molar-refractivity contribution in [3.8, 4) is 0 Å². The molecule has 0 amide bonds.